The number of nitrogens with one attached hydrogen (secondary N) is 1. The minimum atomic E-state index is -0.845. The molecule has 4 rings (SSSR count). The van der Waals surface area contributed by atoms with Gasteiger partial charge in [0.1, 0.15) is 5.75 Å². The first-order valence-corrected chi connectivity index (χ1v) is 8.47. The minimum absolute atomic E-state index is 0.0929. The van der Waals surface area contributed by atoms with Crippen molar-refractivity contribution in [3.8, 4) is 5.75 Å². The summed E-state index contributed by atoms with van der Waals surface area (Å²) in [5, 5.41) is 12.4. The zero-order valence-electron chi connectivity index (χ0n) is 13.7. The number of carboxylic acids is 1. The highest BCUT2D eigenvalue weighted by Crippen LogP contribution is 2.40. The van der Waals surface area contributed by atoms with E-state index in [1.807, 2.05) is 42.5 Å². The largest absolute Gasteiger partial charge is 0.493 e. The van der Waals surface area contributed by atoms with Gasteiger partial charge in [0.05, 0.1) is 25.0 Å². The highest BCUT2D eigenvalue weighted by Gasteiger charge is 2.35. The van der Waals surface area contributed by atoms with Crippen molar-refractivity contribution in [2.45, 2.75) is 31.2 Å². The zero-order chi connectivity index (χ0) is 17.4. The number of carbonyl (C=O) groups excluding carboxylic acids is 1. The number of benzene rings is 2. The zero-order valence-corrected chi connectivity index (χ0v) is 13.7. The summed E-state index contributed by atoms with van der Waals surface area (Å²) >= 11 is 0. The van der Waals surface area contributed by atoms with Gasteiger partial charge in [-0.1, -0.05) is 36.4 Å². The van der Waals surface area contributed by atoms with E-state index in [2.05, 4.69) is 5.32 Å². The Morgan fingerprint density at radius 1 is 1.16 bits per heavy atom. The maximum atomic E-state index is 12.5. The third kappa shape index (κ3) is 2.97. The standard InChI is InChI=1S/C20H19NO4/c22-19(10-12-5-6-18-13(9-12)7-8-25-18)21-17-11-16(20(23)24)14-3-1-2-4-15(14)17/h1-6,9,16-17H,7-8,10-11H2,(H,21,22)(H,23,24). The molecule has 1 aliphatic heterocycles. The molecule has 2 aromatic carbocycles. The Hall–Kier alpha value is -2.82. The van der Waals surface area contributed by atoms with Crippen LogP contribution in [0.15, 0.2) is 42.5 Å². The van der Waals surface area contributed by atoms with E-state index in [1.165, 1.54) is 0 Å². The number of fused-ring (bicyclic) bond motifs is 2. The van der Waals surface area contributed by atoms with Crippen molar-refractivity contribution in [3.63, 3.8) is 0 Å². The lowest BCUT2D eigenvalue weighted by atomic mass is 10.0. The molecule has 0 fully saturated rings. The molecule has 0 saturated heterocycles. The molecule has 0 aromatic heterocycles. The number of rotatable bonds is 4. The molecule has 2 aromatic rings. The fraction of sp³-hybridized carbons (Fsp3) is 0.300. The van der Waals surface area contributed by atoms with Gasteiger partial charge in [-0.25, -0.2) is 0 Å². The molecule has 0 spiro atoms. The molecule has 2 atom stereocenters. The van der Waals surface area contributed by atoms with Gasteiger partial charge in [0.15, 0.2) is 0 Å². The van der Waals surface area contributed by atoms with Crippen LogP contribution in [0, 0.1) is 0 Å². The number of hydrogen-bond acceptors (Lipinski definition) is 3. The first kappa shape index (κ1) is 15.7. The molecule has 5 heteroatoms. The van der Waals surface area contributed by atoms with Crippen LogP contribution >= 0.6 is 0 Å². The minimum Gasteiger partial charge on any atom is -0.493 e. The van der Waals surface area contributed by atoms with Crippen LogP contribution in [0.5, 0.6) is 5.75 Å². The van der Waals surface area contributed by atoms with Crippen molar-refractivity contribution >= 4 is 11.9 Å². The maximum absolute atomic E-state index is 12.5. The summed E-state index contributed by atoms with van der Waals surface area (Å²) in [5.74, 6) is -0.593. The van der Waals surface area contributed by atoms with Gasteiger partial charge in [0.2, 0.25) is 5.91 Å². The predicted molar refractivity (Wildman–Crippen MR) is 91.7 cm³/mol. The Morgan fingerprint density at radius 3 is 2.76 bits per heavy atom. The summed E-state index contributed by atoms with van der Waals surface area (Å²) in [4.78, 5) is 23.9. The second kappa shape index (κ2) is 6.24. The fourth-order valence-electron chi connectivity index (χ4n) is 3.79. The van der Waals surface area contributed by atoms with Crippen molar-refractivity contribution < 1.29 is 19.4 Å². The molecule has 1 amide bonds. The molecule has 1 heterocycles. The van der Waals surface area contributed by atoms with Crippen molar-refractivity contribution in [2.24, 2.45) is 0 Å². The number of aliphatic carboxylic acids is 1. The van der Waals surface area contributed by atoms with Crippen molar-refractivity contribution in [1.82, 2.24) is 5.32 Å². The van der Waals surface area contributed by atoms with E-state index < -0.39 is 11.9 Å². The molecule has 2 aliphatic rings. The maximum Gasteiger partial charge on any atom is 0.311 e. The van der Waals surface area contributed by atoms with Crippen LogP contribution in [0.4, 0.5) is 0 Å². The highest BCUT2D eigenvalue weighted by atomic mass is 16.5. The molecular formula is C20H19NO4. The quantitative estimate of drug-likeness (QED) is 0.899. The van der Waals surface area contributed by atoms with Gasteiger partial charge in [-0.2, -0.15) is 0 Å². The highest BCUT2D eigenvalue weighted by molar-refractivity contribution is 5.81. The normalized spacial score (nSPS) is 20.5. The van der Waals surface area contributed by atoms with Crippen LogP contribution in [-0.4, -0.2) is 23.6 Å². The van der Waals surface area contributed by atoms with E-state index in [1.54, 1.807) is 0 Å². The van der Waals surface area contributed by atoms with Gasteiger partial charge >= 0.3 is 5.97 Å². The second-order valence-corrected chi connectivity index (χ2v) is 6.59. The third-order valence-electron chi connectivity index (χ3n) is 4.97. The summed E-state index contributed by atoms with van der Waals surface area (Å²) in [6.45, 7) is 0.695. The van der Waals surface area contributed by atoms with Gasteiger partial charge in [0.25, 0.3) is 0 Å². The van der Waals surface area contributed by atoms with Crippen LogP contribution in [-0.2, 0) is 22.4 Å². The van der Waals surface area contributed by atoms with E-state index in [0.717, 1.165) is 34.4 Å². The molecule has 0 saturated carbocycles. The van der Waals surface area contributed by atoms with E-state index in [4.69, 9.17) is 4.74 Å². The Balaban J connectivity index is 1.47. The lowest BCUT2D eigenvalue weighted by Gasteiger charge is -2.14. The lowest BCUT2D eigenvalue weighted by molar-refractivity contribution is -0.139. The van der Waals surface area contributed by atoms with Gasteiger partial charge in [0, 0.05) is 6.42 Å². The van der Waals surface area contributed by atoms with Crippen LogP contribution in [0.1, 0.15) is 40.6 Å². The molecule has 25 heavy (non-hydrogen) atoms. The second-order valence-electron chi connectivity index (χ2n) is 6.59. The molecule has 1 aliphatic carbocycles. The Morgan fingerprint density at radius 2 is 1.96 bits per heavy atom. The molecule has 128 valence electrons. The number of carbonyl (C=O) groups is 2. The molecule has 5 nitrogen and oxygen atoms in total. The van der Waals surface area contributed by atoms with E-state index in [0.29, 0.717) is 13.0 Å². The third-order valence-corrected chi connectivity index (χ3v) is 4.97. The summed E-state index contributed by atoms with van der Waals surface area (Å²) in [7, 11) is 0. The monoisotopic (exact) mass is 337 g/mol. The van der Waals surface area contributed by atoms with Crippen LogP contribution < -0.4 is 10.1 Å². The summed E-state index contributed by atoms with van der Waals surface area (Å²) in [6, 6.07) is 13.0. The first-order chi connectivity index (χ1) is 12.1. The van der Waals surface area contributed by atoms with Gasteiger partial charge < -0.3 is 15.2 Å². The van der Waals surface area contributed by atoms with Gasteiger partial charge in [-0.05, 0) is 34.7 Å². The van der Waals surface area contributed by atoms with Crippen molar-refractivity contribution in [1.29, 1.82) is 0 Å². The molecule has 2 N–H and O–H groups in total. The smallest absolute Gasteiger partial charge is 0.311 e. The predicted octanol–water partition coefficient (Wildman–Crippen LogP) is 2.59. The topological polar surface area (TPSA) is 75.6 Å². The number of hydrogen-bond donors (Lipinski definition) is 2. The van der Waals surface area contributed by atoms with E-state index in [9.17, 15) is 14.7 Å². The Labute approximate surface area is 145 Å². The van der Waals surface area contributed by atoms with E-state index in [-0.39, 0.29) is 18.4 Å². The van der Waals surface area contributed by atoms with Gasteiger partial charge in [-0.3, -0.25) is 9.59 Å². The lowest BCUT2D eigenvalue weighted by Crippen LogP contribution is -2.29. The summed E-state index contributed by atoms with van der Waals surface area (Å²) < 4.78 is 5.48. The number of carboxylic acid groups (broad SMARTS) is 1. The molecule has 0 radical (unpaired) electrons. The van der Waals surface area contributed by atoms with E-state index >= 15 is 0 Å². The van der Waals surface area contributed by atoms with Crippen molar-refractivity contribution in [3.05, 3.63) is 64.7 Å². The molecular weight excluding hydrogens is 318 g/mol. The average Bonchev–Trinajstić information content (AvgIpc) is 3.19. The number of amides is 1. The fourth-order valence-corrected chi connectivity index (χ4v) is 3.79. The van der Waals surface area contributed by atoms with Crippen LogP contribution in [0.3, 0.4) is 0 Å². The summed E-state index contributed by atoms with van der Waals surface area (Å²) in [5.41, 5.74) is 3.80. The van der Waals surface area contributed by atoms with Gasteiger partial charge in [-0.15, -0.1) is 0 Å². The summed E-state index contributed by atoms with van der Waals surface area (Å²) in [6.07, 6.45) is 1.56. The Kier molecular flexibility index (Phi) is 3.92. The SMILES string of the molecule is O=C(Cc1ccc2c(c1)CCO2)NC1CC(C(=O)O)c2ccccc21. The number of ether oxygens (including phenoxy) is 1. The molecule has 2 unspecified atom stereocenters. The Bertz CT molecular complexity index is 845. The van der Waals surface area contributed by atoms with Crippen LogP contribution in [0.25, 0.3) is 0 Å². The first-order valence-electron chi connectivity index (χ1n) is 8.47. The van der Waals surface area contributed by atoms with Crippen LogP contribution in [0.2, 0.25) is 0 Å². The average molecular weight is 337 g/mol. The van der Waals surface area contributed by atoms with Crippen molar-refractivity contribution in [2.75, 3.05) is 6.61 Å². The molecule has 0 bridgehead atoms.